The van der Waals surface area contributed by atoms with Crippen molar-refractivity contribution in [2.75, 3.05) is 27.9 Å². The van der Waals surface area contributed by atoms with Gasteiger partial charge in [-0.2, -0.15) is 4.84 Å². The van der Waals surface area contributed by atoms with Crippen LogP contribution in [0.2, 0.25) is 0 Å². The fourth-order valence-corrected chi connectivity index (χ4v) is 2.37. The van der Waals surface area contributed by atoms with Crippen LogP contribution in [0, 0.1) is 6.92 Å². The third-order valence-corrected chi connectivity index (χ3v) is 3.27. The minimum absolute atomic E-state index is 0.385. The highest BCUT2D eigenvalue weighted by molar-refractivity contribution is 5.56. The zero-order valence-corrected chi connectivity index (χ0v) is 11.0. The Bertz CT molecular complexity index is 454. The quantitative estimate of drug-likeness (QED) is 0.748. The number of rotatable bonds is 3. The number of hydrogen-bond donors (Lipinski definition) is 0. The molecule has 17 heavy (non-hydrogen) atoms. The van der Waals surface area contributed by atoms with Crippen LogP contribution in [0.25, 0.3) is 0 Å². The van der Waals surface area contributed by atoms with Gasteiger partial charge in [-0.15, -0.1) is 4.65 Å². The Kier molecular flexibility index (Phi) is 3.33. The first kappa shape index (κ1) is 12.3. The molecule has 0 saturated heterocycles. The normalized spacial score (nSPS) is 23.2. The van der Waals surface area contributed by atoms with Gasteiger partial charge in [0.1, 0.15) is 13.2 Å². The summed E-state index contributed by atoms with van der Waals surface area (Å²) in [6.07, 6.45) is 3.08. The molecule has 3 nitrogen and oxygen atoms in total. The molecule has 0 spiro atoms. The van der Waals surface area contributed by atoms with Crippen LogP contribution in [0.1, 0.15) is 11.1 Å². The Morgan fingerprint density at radius 1 is 1.29 bits per heavy atom. The first-order chi connectivity index (χ1) is 8.09. The molecule has 0 saturated carbocycles. The first-order valence-corrected chi connectivity index (χ1v) is 5.80. The SMILES string of the molecule is COCC1=C[N+](C)(OC)c2cc(C)ccc2C1. The van der Waals surface area contributed by atoms with Crippen molar-refractivity contribution in [1.29, 1.82) is 0 Å². The average Bonchev–Trinajstić information content (AvgIpc) is 2.31. The molecule has 1 heterocycles. The minimum Gasteiger partial charge on any atom is -0.380 e. The molecule has 0 fully saturated rings. The minimum atomic E-state index is 0.385. The van der Waals surface area contributed by atoms with Crippen molar-refractivity contribution in [1.82, 2.24) is 4.65 Å². The van der Waals surface area contributed by atoms with Crippen LogP contribution in [-0.4, -0.2) is 27.9 Å². The molecule has 1 aliphatic rings. The second-order valence-corrected chi connectivity index (χ2v) is 4.70. The summed E-state index contributed by atoms with van der Waals surface area (Å²) < 4.78 is 5.61. The largest absolute Gasteiger partial charge is 0.380 e. The van der Waals surface area contributed by atoms with Gasteiger partial charge >= 0.3 is 0 Å². The van der Waals surface area contributed by atoms with Crippen molar-refractivity contribution in [2.24, 2.45) is 0 Å². The average molecular weight is 234 g/mol. The zero-order chi connectivity index (χ0) is 12.5. The lowest BCUT2D eigenvalue weighted by molar-refractivity contribution is -0.0594. The maximum absolute atomic E-state index is 5.64. The third kappa shape index (κ3) is 2.27. The number of ether oxygens (including phenoxy) is 1. The van der Waals surface area contributed by atoms with Gasteiger partial charge in [0, 0.05) is 30.7 Å². The molecule has 2 rings (SSSR count). The number of quaternary nitrogens is 1. The predicted octanol–water partition coefficient (Wildman–Crippen LogP) is 2.58. The first-order valence-electron chi connectivity index (χ1n) is 5.80. The van der Waals surface area contributed by atoms with Crippen LogP contribution < -0.4 is 4.65 Å². The lowest BCUT2D eigenvalue weighted by Gasteiger charge is -2.32. The molecule has 1 aromatic rings. The summed E-state index contributed by atoms with van der Waals surface area (Å²) in [5.74, 6) is 0. The molecule has 0 amide bonds. The van der Waals surface area contributed by atoms with Crippen molar-refractivity contribution in [3.05, 3.63) is 41.1 Å². The van der Waals surface area contributed by atoms with E-state index in [1.54, 1.807) is 14.2 Å². The summed E-state index contributed by atoms with van der Waals surface area (Å²) in [6, 6.07) is 6.52. The third-order valence-electron chi connectivity index (χ3n) is 3.27. The molecule has 1 unspecified atom stereocenters. The number of hydrogen-bond acceptors (Lipinski definition) is 2. The van der Waals surface area contributed by atoms with Crippen molar-refractivity contribution in [3.8, 4) is 0 Å². The van der Waals surface area contributed by atoms with E-state index in [1.807, 2.05) is 7.05 Å². The summed E-state index contributed by atoms with van der Waals surface area (Å²) in [7, 11) is 5.51. The van der Waals surface area contributed by atoms with E-state index in [-0.39, 0.29) is 0 Å². The summed E-state index contributed by atoms with van der Waals surface area (Å²) in [6.45, 7) is 2.76. The van der Waals surface area contributed by atoms with E-state index in [1.165, 1.54) is 22.4 Å². The second kappa shape index (κ2) is 4.61. The topological polar surface area (TPSA) is 18.5 Å². The maximum Gasteiger partial charge on any atom is 0.173 e. The van der Waals surface area contributed by atoms with Crippen molar-refractivity contribution >= 4 is 5.69 Å². The monoisotopic (exact) mass is 234 g/mol. The number of methoxy groups -OCH3 is 1. The van der Waals surface area contributed by atoms with Crippen LogP contribution in [0.15, 0.2) is 30.0 Å². The molecule has 0 radical (unpaired) electrons. The van der Waals surface area contributed by atoms with Gasteiger partial charge in [0.05, 0.1) is 13.7 Å². The Morgan fingerprint density at radius 3 is 2.71 bits per heavy atom. The molecule has 1 aromatic carbocycles. The number of aryl methyl sites for hydroxylation is 1. The highest BCUT2D eigenvalue weighted by atomic mass is 16.7. The lowest BCUT2D eigenvalue weighted by atomic mass is 9.98. The van der Waals surface area contributed by atoms with Crippen molar-refractivity contribution in [3.63, 3.8) is 0 Å². The molecule has 3 heteroatoms. The van der Waals surface area contributed by atoms with E-state index in [4.69, 9.17) is 9.57 Å². The Balaban J connectivity index is 2.47. The van der Waals surface area contributed by atoms with E-state index >= 15 is 0 Å². The summed E-state index contributed by atoms with van der Waals surface area (Å²) >= 11 is 0. The smallest absolute Gasteiger partial charge is 0.173 e. The fraction of sp³-hybridized carbons (Fsp3) is 0.429. The second-order valence-electron chi connectivity index (χ2n) is 4.70. The van der Waals surface area contributed by atoms with E-state index in [0.717, 1.165) is 6.42 Å². The van der Waals surface area contributed by atoms with E-state index < -0.39 is 0 Å². The van der Waals surface area contributed by atoms with Gasteiger partial charge in [-0.25, -0.2) is 0 Å². The highest BCUT2D eigenvalue weighted by Gasteiger charge is 2.32. The van der Waals surface area contributed by atoms with Crippen molar-refractivity contribution in [2.45, 2.75) is 13.3 Å². The van der Waals surface area contributed by atoms with Crippen LogP contribution in [0.5, 0.6) is 0 Å². The molecule has 0 N–H and O–H groups in total. The summed E-state index contributed by atoms with van der Waals surface area (Å²) in [5, 5.41) is 0. The highest BCUT2D eigenvalue weighted by Crippen LogP contribution is 2.34. The number of nitrogens with zero attached hydrogens (tertiary/aromatic N) is 1. The standard InChI is InChI=1S/C14H20NO2/c1-11-5-6-13-8-12(10-16-3)9-15(2,17-4)14(13)7-11/h5-7,9H,8,10H2,1-4H3/q+1. The Morgan fingerprint density at radius 2 is 2.06 bits per heavy atom. The van der Waals surface area contributed by atoms with Crippen LogP contribution in [0.4, 0.5) is 5.69 Å². The molecule has 92 valence electrons. The molecule has 1 atom stereocenters. The van der Waals surface area contributed by atoms with Crippen LogP contribution in [-0.2, 0) is 16.0 Å². The van der Waals surface area contributed by atoms with Gasteiger partial charge in [-0.3, -0.25) is 0 Å². The Labute approximate surface area is 103 Å². The predicted molar refractivity (Wildman–Crippen MR) is 69.6 cm³/mol. The molecule has 0 bridgehead atoms. The van der Waals surface area contributed by atoms with E-state index in [0.29, 0.717) is 11.3 Å². The van der Waals surface area contributed by atoms with E-state index in [9.17, 15) is 0 Å². The number of fused-ring (bicyclic) bond motifs is 1. The summed E-state index contributed by atoms with van der Waals surface area (Å²) in [5.41, 5.74) is 5.05. The summed E-state index contributed by atoms with van der Waals surface area (Å²) in [4.78, 5) is 5.64. The maximum atomic E-state index is 5.64. The Hall–Kier alpha value is -1.16. The van der Waals surface area contributed by atoms with Gasteiger partial charge < -0.3 is 4.74 Å². The van der Waals surface area contributed by atoms with Crippen LogP contribution in [0.3, 0.4) is 0 Å². The zero-order valence-electron chi connectivity index (χ0n) is 11.0. The van der Waals surface area contributed by atoms with Gasteiger partial charge in [0.2, 0.25) is 0 Å². The molecule has 1 aliphatic heterocycles. The number of benzene rings is 1. The van der Waals surface area contributed by atoms with E-state index in [2.05, 4.69) is 31.3 Å². The molecular formula is C14H20NO2+. The van der Waals surface area contributed by atoms with Crippen LogP contribution >= 0.6 is 0 Å². The molecule has 0 aromatic heterocycles. The number of hydroxylamine groups is 2. The van der Waals surface area contributed by atoms with Gasteiger partial charge in [0.15, 0.2) is 5.69 Å². The van der Waals surface area contributed by atoms with Gasteiger partial charge in [-0.1, -0.05) is 12.1 Å². The van der Waals surface area contributed by atoms with Gasteiger partial charge in [-0.05, 0) is 12.5 Å². The van der Waals surface area contributed by atoms with Gasteiger partial charge in [0.25, 0.3) is 0 Å². The molecule has 0 aliphatic carbocycles. The lowest BCUT2D eigenvalue weighted by Crippen LogP contribution is -2.41. The molecular weight excluding hydrogens is 214 g/mol. The fourth-order valence-electron chi connectivity index (χ4n) is 2.37. The van der Waals surface area contributed by atoms with Crippen molar-refractivity contribution < 1.29 is 9.57 Å².